The first-order valence-corrected chi connectivity index (χ1v) is 10.6. The fourth-order valence-corrected chi connectivity index (χ4v) is 4.62. The number of phenolic OH excluding ortho intramolecular Hbond substituents is 1. The second-order valence-electron chi connectivity index (χ2n) is 7.96. The average molecular weight is 429 g/mol. The van der Waals surface area contributed by atoms with Crippen LogP contribution in [0.3, 0.4) is 0 Å². The highest BCUT2D eigenvalue weighted by Gasteiger charge is 2.41. The number of piperazine rings is 1. The molecule has 0 aliphatic carbocycles. The van der Waals surface area contributed by atoms with Gasteiger partial charge in [0.15, 0.2) is 5.82 Å². The average Bonchev–Trinajstić information content (AvgIpc) is 3.08. The minimum Gasteiger partial charge on any atom is -0.507 e. The number of hydrogen-bond donors (Lipinski definition) is 3. The smallest absolute Gasteiger partial charge is 0.206 e. The van der Waals surface area contributed by atoms with Crippen LogP contribution in [0, 0.1) is 11.8 Å². The highest BCUT2D eigenvalue weighted by Crippen LogP contribution is 2.38. The summed E-state index contributed by atoms with van der Waals surface area (Å²) < 4.78 is 0. The lowest BCUT2D eigenvalue weighted by Crippen LogP contribution is -2.54. The minimum atomic E-state index is 0.166. The normalized spacial score (nSPS) is 19.5. The van der Waals surface area contributed by atoms with Gasteiger partial charge < -0.3 is 26.4 Å². The van der Waals surface area contributed by atoms with E-state index in [9.17, 15) is 5.11 Å². The summed E-state index contributed by atoms with van der Waals surface area (Å²) in [4.78, 5) is 13.5. The third kappa shape index (κ3) is 3.65. The van der Waals surface area contributed by atoms with Crippen molar-refractivity contribution in [3.63, 3.8) is 0 Å². The molecule has 3 aromatic rings. The maximum absolute atomic E-state index is 10.2. The quantitative estimate of drug-likeness (QED) is 0.530. The molecule has 5 rings (SSSR count). The summed E-state index contributed by atoms with van der Waals surface area (Å²) in [6.45, 7) is 1.86. The van der Waals surface area contributed by atoms with Crippen LogP contribution >= 0.6 is 0 Å². The van der Waals surface area contributed by atoms with Gasteiger partial charge in [0, 0.05) is 36.9 Å². The Morgan fingerprint density at radius 3 is 2.62 bits per heavy atom. The van der Waals surface area contributed by atoms with Crippen LogP contribution < -0.4 is 21.3 Å². The van der Waals surface area contributed by atoms with Gasteiger partial charge in [0.2, 0.25) is 5.82 Å². The Bertz CT molecular complexity index is 1190. The van der Waals surface area contributed by atoms with Crippen molar-refractivity contribution in [2.45, 2.75) is 24.9 Å². The minimum absolute atomic E-state index is 0.166. The second-order valence-corrected chi connectivity index (χ2v) is 7.96. The largest absolute Gasteiger partial charge is 0.507 e. The topological polar surface area (TPSA) is 130 Å². The van der Waals surface area contributed by atoms with Crippen LogP contribution in [0.5, 0.6) is 5.75 Å². The van der Waals surface area contributed by atoms with E-state index in [1.807, 2.05) is 24.3 Å². The molecule has 0 saturated carbocycles. The van der Waals surface area contributed by atoms with Gasteiger partial charge in [-0.2, -0.15) is 0 Å². The lowest BCUT2D eigenvalue weighted by molar-refractivity contribution is 0.477. The molecule has 2 unspecified atom stereocenters. The summed E-state index contributed by atoms with van der Waals surface area (Å²) >= 11 is 0. The Hall–Kier alpha value is -3.90. The van der Waals surface area contributed by atoms with Crippen LogP contribution in [0.25, 0.3) is 11.3 Å². The van der Waals surface area contributed by atoms with Crippen molar-refractivity contribution in [3.8, 4) is 28.8 Å². The number of nitrogens with two attached hydrogens (primary N) is 2. The first-order valence-electron chi connectivity index (χ1n) is 10.6. The summed E-state index contributed by atoms with van der Waals surface area (Å²) in [6, 6.07) is 11.5. The molecule has 2 bridgehead atoms. The third-order valence-electron chi connectivity index (χ3n) is 6.01. The lowest BCUT2D eigenvalue weighted by atomic mass is 10.1. The predicted octanol–water partition coefficient (Wildman–Crippen LogP) is 1.39. The molecule has 0 spiro atoms. The van der Waals surface area contributed by atoms with Crippen LogP contribution in [-0.2, 0) is 0 Å². The number of nitrogens with zero attached hydrogens (tertiary/aromatic N) is 6. The van der Waals surface area contributed by atoms with Crippen molar-refractivity contribution >= 4 is 17.3 Å². The first-order chi connectivity index (χ1) is 15.6. The van der Waals surface area contributed by atoms with E-state index in [1.165, 1.54) is 0 Å². The standard InChI is InChI=1S/C23H24N8O/c24-10-3-6-21-26-11-9-22(27-21)31-15-7-8-16(31)14-30(13-15)19-12-18(28-29-23(19)25)17-4-1-2-5-20(17)32/h1-2,4-5,9,11-12,15-16,32H,7-8,10,13-14,24H2,(H2,25,29). The number of phenols is 1. The molecule has 162 valence electrons. The van der Waals surface area contributed by atoms with Gasteiger partial charge >= 0.3 is 0 Å². The molecule has 0 amide bonds. The zero-order chi connectivity index (χ0) is 22.1. The van der Waals surface area contributed by atoms with Crippen molar-refractivity contribution in [1.29, 1.82) is 0 Å². The summed E-state index contributed by atoms with van der Waals surface area (Å²) in [6.07, 6.45) is 3.89. The maximum Gasteiger partial charge on any atom is 0.206 e. The summed E-state index contributed by atoms with van der Waals surface area (Å²) in [5.41, 5.74) is 13.8. The molecule has 2 aromatic heterocycles. The van der Waals surface area contributed by atoms with E-state index in [0.717, 1.165) is 37.4 Å². The third-order valence-corrected chi connectivity index (χ3v) is 6.01. The molecule has 2 aliphatic heterocycles. The molecular formula is C23H24N8O. The van der Waals surface area contributed by atoms with Crippen molar-refractivity contribution in [2.75, 3.05) is 35.2 Å². The Kier molecular flexibility index (Phi) is 5.21. The van der Waals surface area contributed by atoms with Crippen molar-refractivity contribution < 1.29 is 5.11 Å². The summed E-state index contributed by atoms with van der Waals surface area (Å²) in [5, 5.41) is 18.6. The maximum atomic E-state index is 10.2. The van der Waals surface area contributed by atoms with E-state index < -0.39 is 0 Å². The number of aromatic nitrogens is 4. The molecule has 9 nitrogen and oxygen atoms in total. The highest BCUT2D eigenvalue weighted by molar-refractivity contribution is 5.74. The summed E-state index contributed by atoms with van der Waals surface area (Å²) in [5.74, 6) is 7.66. The number of para-hydroxylation sites is 1. The van der Waals surface area contributed by atoms with Crippen molar-refractivity contribution in [2.24, 2.45) is 5.73 Å². The molecule has 2 aliphatic rings. The molecular weight excluding hydrogens is 404 g/mol. The number of benzene rings is 1. The van der Waals surface area contributed by atoms with Gasteiger partial charge in [-0.3, -0.25) is 0 Å². The fourth-order valence-electron chi connectivity index (χ4n) is 4.62. The molecule has 2 saturated heterocycles. The SMILES string of the molecule is NCC#Cc1nccc(N2C3CCC2CN(c2cc(-c4ccccc4O)nnc2N)C3)n1. The van der Waals surface area contributed by atoms with Crippen LogP contribution in [0.4, 0.5) is 17.3 Å². The second kappa shape index (κ2) is 8.32. The van der Waals surface area contributed by atoms with E-state index in [-0.39, 0.29) is 12.3 Å². The molecule has 2 atom stereocenters. The zero-order valence-electron chi connectivity index (χ0n) is 17.5. The lowest BCUT2D eigenvalue weighted by Gasteiger charge is -2.42. The predicted molar refractivity (Wildman–Crippen MR) is 123 cm³/mol. The van der Waals surface area contributed by atoms with Crippen LogP contribution in [0.15, 0.2) is 42.6 Å². The molecule has 2 fully saturated rings. The number of rotatable bonds is 3. The van der Waals surface area contributed by atoms with E-state index in [4.69, 9.17) is 11.5 Å². The summed E-state index contributed by atoms with van der Waals surface area (Å²) in [7, 11) is 0. The number of hydrogen-bond acceptors (Lipinski definition) is 9. The zero-order valence-corrected chi connectivity index (χ0v) is 17.5. The van der Waals surface area contributed by atoms with Gasteiger partial charge in [0.25, 0.3) is 0 Å². The van der Waals surface area contributed by atoms with Crippen LogP contribution in [0.1, 0.15) is 18.7 Å². The Morgan fingerprint density at radius 1 is 1.09 bits per heavy atom. The Balaban J connectivity index is 1.42. The Labute approximate surface area is 186 Å². The van der Waals surface area contributed by atoms with E-state index in [2.05, 4.69) is 41.8 Å². The number of fused-ring (bicyclic) bond motifs is 2. The van der Waals surface area contributed by atoms with Crippen molar-refractivity contribution in [1.82, 2.24) is 20.2 Å². The van der Waals surface area contributed by atoms with Gasteiger partial charge in [-0.1, -0.05) is 18.1 Å². The van der Waals surface area contributed by atoms with Crippen LogP contribution in [0.2, 0.25) is 0 Å². The monoisotopic (exact) mass is 428 g/mol. The molecule has 9 heteroatoms. The van der Waals surface area contributed by atoms with Gasteiger partial charge in [-0.05, 0) is 43.0 Å². The number of nitrogen functional groups attached to an aromatic ring is 1. The van der Waals surface area contributed by atoms with Crippen molar-refractivity contribution in [3.05, 3.63) is 48.4 Å². The van der Waals surface area contributed by atoms with Gasteiger partial charge in [-0.15, -0.1) is 10.2 Å². The van der Waals surface area contributed by atoms with Gasteiger partial charge in [0.1, 0.15) is 11.6 Å². The fraction of sp³-hybridized carbons (Fsp3) is 0.304. The van der Waals surface area contributed by atoms with E-state index in [0.29, 0.717) is 35.0 Å². The molecule has 0 radical (unpaired) electrons. The molecule has 4 heterocycles. The van der Waals surface area contributed by atoms with Gasteiger partial charge in [0.05, 0.1) is 17.9 Å². The molecule has 32 heavy (non-hydrogen) atoms. The highest BCUT2D eigenvalue weighted by atomic mass is 16.3. The van der Waals surface area contributed by atoms with Crippen LogP contribution in [-0.4, -0.2) is 57.0 Å². The van der Waals surface area contributed by atoms with E-state index >= 15 is 0 Å². The Morgan fingerprint density at radius 2 is 1.88 bits per heavy atom. The molecule has 1 aromatic carbocycles. The first kappa shape index (κ1) is 20.0. The van der Waals surface area contributed by atoms with E-state index in [1.54, 1.807) is 18.3 Å². The number of anilines is 3. The molecule has 5 N–H and O–H groups in total. The van der Waals surface area contributed by atoms with Gasteiger partial charge in [-0.25, -0.2) is 9.97 Å². The number of aromatic hydroxyl groups is 1.